The van der Waals surface area contributed by atoms with Gasteiger partial charge in [0.15, 0.2) is 6.23 Å². The third-order valence-electron chi connectivity index (χ3n) is 5.25. The number of hydrogen-bond acceptors (Lipinski definition) is 6. The first-order valence-electron chi connectivity index (χ1n) is 9.75. The molecule has 0 bridgehead atoms. The average Bonchev–Trinajstić information content (AvgIpc) is 3.43. The van der Waals surface area contributed by atoms with Crippen molar-refractivity contribution in [2.75, 3.05) is 18.5 Å². The van der Waals surface area contributed by atoms with Gasteiger partial charge in [0.05, 0.1) is 6.42 Å². The normalized spacial score (nSPS) is 20.7. The van der Waals surface area contributed by atoms with Crippen LogP contribution < -0.4 is 4.90 Å². The van der Waals surface area contributed by atoms with Crippen molar-refractivity contribution in [3.63, 3.8) is 0 Å². The van der Waals surface area contributed by atoms with E-state index in [0.29, 0.717) is 24.0 Å². The van der Waals surface area contributed by atoms with Gasteiger partial charge < -0.3 is 9.64 Å². The molecular formula is C20H23BrN4O3S. The van der Waals surface area contributed by atoms with Crippen LogP contribution in [0.25, 0.3) is 0 Å². The van der Waals surface area contributed by atoms with Gasteiger partial charge in [-0.2, -0.15) is 0 Å². The van der Waals surface area contributed by atoms with Crippen molar-refractivity contribution in [3.8, 4) is 0 Å². The van der Waals surface area contributed by atoms with Crippen LogP contribution in [0.2, 0.25) is 0 Å². The molecule has 1 saturated heterocycles. The van der Waals surface area contributed by atoms with Crippen LogP contribution in [0.15, 0.2) is 28.7 Å². The van der Waals surface area contributed by atoms with E-state index < -0.39 is 6.23 Å². The Morgan fingerprint density at radius 2 is 2.14 bits per heavy atom. The van der Waals surface area contributed by atoms with Gasteiger partial charge >= 0.3 is 12.0 Å². The lowest BCUT2D eigenvalue weighted by Gasteiger charge is -2.37. The summed E-state index contributed by atoms with van der Waals surface area (Å²) in [4.78, 5) is 28.5. The molecule has 1 saturated carbocycles. The molecule has 2 amide bonds. The molecule has 0 N–H and O–H groups in total. The van der Waals surface area contributed by atoms with E-state index in [2.05, 4.69) is 26.1 Å². The van der Waals surface area contributed by atoms with Gasteiger partial charge in [0.1, 0.15) is 5.01 Å². The molecule has 1 aromatic carbocycles. The van der Waals surface area contributed by atoms with E-state index in [4.69, 9.17) is 4.74 Å². The van der Waals surface area contributed by atoms with E-state index in [0.717, 1.165) is 27.9 Å². The molecule has 1 aliphatic heterocycles. The first kappa shape index (κ1) is 20.3. The second-order valence-electron chi connectivity index (χ2n) is 7.66. The zero-order valence-corrected chi connectivity index (χ0v) is 18.8. The number of halogens is 1. The Morgan fingerprint density at radius 1 is 1.34 bits per heavy atom. The van der Waals surface area contributed by atoms with E-state index in [1.807, 2.05) is 31.2 Å². The molecule has 1 aliphatic carbocycles. The van der Waals surface area contributed by atoms with Crippen molar-refractivity contribution in [1.82, 2.24) is 15.1 Å². The summed E-state index contributed by atoms with van der Waals surface area (Å²) in [5, 5.41) is 9.90. The van der Waals surface area contributed by atoms with Crippen LogP contribution in [-0.4, -0.2) is 46.9 Å². The first-order chi connectivity index (χ1) is 13.9. The molecule has 29 heavy (non-hydrogen) atoms. The smallest absolute Gasteiger partial charge is 0.329 e. The molecular weight excluding hydrogens is 456 g/mol. The number of ether oxygens (including phenoxy) is 1. The average molecular weight is 479 g/mol. The van der Waals surface area contributed by atoms with Crippen LogP contribution in [0.3, 0.4) is 0 Å². The summed E-state index contributed by atoms with van der Waals surface area (Å²) >= 11 is 4.88. The number of anilines is 1. The minimum atomic E-state index is -0.652. The van der Waals surface area contributed by atoms with Crippen LogP contribution in [0.1, 0.15) is 55.0 Å². The fourth-order valence-corrected chi connectivity index (χ4v) is 4.82. The molecule has 2 atom stereocenters. The summed E-state index contributed by atoms with van der Waals surface area (Å²) in [5.74, 6) is 0.154. The van der Waals surface area contributed by atoms with Crippen LogP contribution in [0.4, 0.5) is 9.93 Å². The number of carbonyl (C=O) groups excluding carboxylic acids is 2. The van der Waals surface area contributed by atoms with Crippen LogP contribution in [0, 0.1) is 0 Å². The van der Waals surface area contributed by atoms with Gasteiger partial charge in [0, 0.05) is 30.4 Å². The van der Waals surface area contributed by atoms with Crippen LogP contribution in [0.5, 0.6) is 0 Å². The largest absolute Gasteiger partial charge is 0.441 e. The minimum absolute atomic E-state index is 0.0124. The van der Waals surface area contributed by atoms with Crippen molar-refractivity contribution >= 4 is 44.4 Å². The summed E-state index contributed by atoms with van der Waals surface area (Å²) in [6.45, 7) is 2.52. The SMILES string of the molecule is CC(CC(=O)OC1CCN(C)C(=O)N1c1nnc(C2CC2)s1)c1cccc(Br)c1. The van der Waals surface area contributed by atoms with Gasteiger partial charge in [-0.05, 0) is 36.5 Å². The second-order valence-corrected chi connectivity index (χ2v) is 9.57. The van der Waals surface area contributed by atoms with Gasteiger partial charge in [-0.25, -0.2) is 9.69 Å². The number of esters is 1. The van der Waals surface area contributed by atoms with Gasteiger partial charge in [0.2, 0.25) is 5.13 Å². The van der Waals surface area contributed by atoms with E-state index >= 15 is 0 Å². The maximum Gasteiger partial charge on any atom is 0.329 e. The Kier molecular flexibility index (Phi) is 5.87. The van der Waals surface area contributed by atoms with Gasteiger partial charge in [-0.1, -0.05) is 46.3 Å². The molecule has 4 rings (SSSR count). The topological polar surface area (TPSA) is 75.6 Å². The van der Waals surface area contributed by atoms with E-state index in [9.17, 15) is 9.59 Å². The van der Waals surface area contributed by atoms with Crippen LogP contribution in [-0.2, 0) is 9.53 Å². The molecule has 2 heterocycles. The zero-order valence-electron chi connectivity index (χ0n) is 16.4. The molecule has 0 spiro atoms. The molecule has 2 aliphatic rings. The van der Waals surface area contributed by atoms with E-state index in [-0.39, 0.29) is 24.3 Å². The maximum absolute atomic E-state index is 12.8. The highest BCUT2D eigenvalue weighted by Crippen LogP contribution is 2.43. The molecule has 9 heteroatoms. The third-order valence-corrected chi connectivity index (χ3v) is 6.83. The van der Waals surface area contributed by atoms with Crippen LogP contribution >= 0.6 is 27.3 Å². The van der Waals surface area contributed by atoms with Gasteiger partial charge in [-0.3, -0.25) is 4.79 Å². The lowest BCUT2D eigenvalue weighted by molar-refractivity contribution is -0.150. The number of carbonyl (C=O) groups is 2. The summed E-state index contributed by atoms with van der Waals surface area (Å²) in [6.07, 6.45) is 2.37. The summed E-state index contributed by atoms with van der Waals surface area (Å²) in [5.41, 5.74) is 1.06. The number of benzene rings is 1. The zero-order chi connectivity index (χ0) is 20.5. The number of rotatable bonds is 6. The van der Waals surface area contributed by atoms with Crippen molar-refractivity contribution in [1.29, 1.82) is 0 Å². The third kappa shape index (κ3) is 4.61. The molecule has 1 aromatic heterocycles. The fraction of sp³-hybridized carbons (Fsp3) is 0.500. The van der Waals surface area contributed by atoms with Crippen molar-refractivity contribution in [2.24, 2.45) is 0 Å². The molecule has 2 aromatic rings. The summed E-state index contributed by atoms with van der Waals surface area (Å²) < 4.78 is 6.73. The van der Waals surface area contributed by atoms with Crippen molar-refractivity contribution < 1.29 is 14.3 Å². The Hall–Kier alpha value is -2.00. The molecule has 2 fully saturated rings. The number of hydrogen-bond donors (Lipinski definition) is 0. The highest BCUT2D eigenvalue weighted by Gasteiger charge is 2.38. The molecule has 154 valence electrons. The Bertz CT molecular complexity index is 917. The molecule has 2 unspecified atom stereocenters. The van der Waals surface area contributed by atoms with Gasteiger partial charge in [-0.15, -0.1) is 10.2 Å². The van der Waals surface area contributed by atoms with E-state index in [1.165, 1.54) is 16.2 Å². The minimum Gasteiger partial charge on any atom is -0.441 e. The number of amides is 2. The highest BCUT2D eigenvalue weighted by atomic mass is 79.9. The second kappa shape index (κ2) is 8.39. The quantitative estimate of drug-likeness (QED) is 0.571. The van der Waals surface area contributed by atoms with E-state index in [1.54, 1.807) is 11.9 Å². The van der Waals surface area contributed by atoms with Crippen molar-refractivity contribution in [2.45, 2.75) is 50.7 Å². The molecule has 0 radical (unpaired) electrons. The standard InChI is InChI=1S/C20H23BrN4O3S/c1-12(14-4-3-5-15(21)11-14)10-17(26)28-16-8-9-24(2)20(27)25(16)19-23-22-18(29-19)13-6-7-13/h3-5,11-13,16H,6-10H2,1-2H3. The van der Waals surface area contributed by atoms with Crippen molar-refractivity contribution in [3.05, 3.63) is 39.3 Å². The highest BCUT2D eigenvalue weighted by molar-refractivity contribution is 9.10. The number of urea groups is 1. The lowest BCUT2D eigenvalue weighted by atomic mass is 9.98. The predicted octanol–water partition coefficient (Wildman–Crippen LogP) is 4.50. The summed E-state index contributed by atoms with van der Waals surface area (Å²) in [7, 11) is 1.74. The fourth-order valence-electron chi connectivity index (χ4n) is 3.35. The Morgan fingerprint density at radius 3 is 2.86 bits per heavy atom. The molecule has 7 nitrogen and oxygen atoms in total. The van der Waals surface area contributed by atoms with Gasteiger partial charge in [0.25, 0.3) is 0 Å². The number of nitrogens with zero attached hydrogens (tertiary/aromatic N) is 4. The predicted molar refractivity (Wildman–Crippen MR) is 114 cm³/mol. The Labute approximate surface area is 182 Å². The maximum atomic E-state index is 12.8. The lowest BCUT2D eigenvalue weighted by Crippen LogP contribution is -2.54. The Balaban J connectivity index is 1.46. The number of aromatic nitrogens is 2. The first-order valence-corrected chi connectivity index (χ1v) is 11.4. The monoisotopic (exact) mass is 478 g/mol. The summed E-state index contributed by atoms with van der Waals surface area (Å²) in [6, 6.07) is 7.69.